The maximum Gasteiger partial charge on any atom is 0.408 e. The number of carboxylic acid groups (broad SMARTS) is 2. The molecule has 3 amide bonds. The summed E-state index contributed by atoms with van der Waals surface area (Å²) >= 11 is 1.27. The number of aliphatic carboxylic acids is 2. The zero-order chi connectivity index (χ0) is 25.6. The lowest BCUT2D eigenvalue weighted by Crippen LogP contribution is -2.70. The van der Waals surface area contributed by atoms with Gasteiger partial charge in [0.2, 0.25) is 5.91 Å². The molecule has 0 radical (unpaired) electrons. The van der Waals surface area contributed by atoms with Gasteiger partial charge in [0.15, 0.2) is 0 Å². The molecule has 0 aromatic carbocycles. The van der Waals surface area contributed by atoms with Crippen LogP contribution >= 0.6 is 11.8 Å². The molecule has 2 aliphatic rings. The van der Waals surface area contributed by atoms with Crippen LogP contribution in [0.1, 0.15) is 40.0 Å². The van der Waals surface area contributed by atoms with E-state index in [2.05, 4.69) is 20.6 Å². The molecule has 1 unspecified atom stereocenters. The van der Waals surface area contributed by atoms with E-state index >= 15 is 0 Å². The van der Waals surface area contributed by atoms with Crippen molar-refractivity contribution in [3.8, 4) is 0 Å². The molecule has 3 atom stereocenters. The molecule has 0 saturated carbocycles. The number of hydrogen-bond acceptors (Lipinski definition) is 9. The number of carbonyl (C=O) groups is 5. The average Bonchev–Trinajstić information content (AvgIpc) is 2.72. The van der Waals surface area contributed by atoms with Gasteiger partial charge in [-0.1, -0.05) is 5.16 Å². The van der Waals surface area contributed by atoms with Gasteiger partial charge in [0, 0.05) is 17.7 Å². The zero-order valence-corrected chi connectivity index (χ0v) is 20.0. The van der Waals surface area contributed by atoms with E-state index in [4.69, 9.17) is 4.74 Å². The summed E-state index contributed by atoms with van der Waals surface area (Å²) in [5.41, 5.74) is -0.691. The largest absolute Gasteiger partial charge is 0.480 e. The quantitative estimate of drug-likeness (QED) is 0.187. The van der Waals surface area contributed by atoms with Gasteiger partial charge >= 0.3 is 18.0 Å². The second kappa shape index (κ2) is 11.2. The zero-order valence-electron chi connectivity index (χ0n) is 19.2. The van der Waals surface area contributed by atoms with Gasteiger partial charge in [0.25, 0.3) is 5.91 Å². The number of nitrogens with one attached hydrogen (secondary N) is 2. The normalized spacial score (nSPS) is 20.8. The molecule has 2 rings (SSSR count). The molecule has 2 aliphatic heterocycles. The Morgan fingerprint density at radius 2 is 1.97 bits per heavy atom. The lowest BCUT2D eigenvalue weighted by atomic mass is 10.0. The van der Waals surface area contributed by atoms with Crippen molar-refractivity contribution in [2.24, 2.45) is 5.16 Å². The van der Waals surface area contributed by atoms with Crippen molar-refractivity contribution < 1.29 is 43.8 Å². The minimum absolute atomic E-state index is 0.0288. The Morgan fingerprint density at radius 3 is 2.53 bits per heavy atom. The highest BCUT2D eigenvalue weighted by atomic mass is 32.2. The summed E-state index contributed by atoms with van der Waals surface area (Å²) in [4.78, 5) is 65.4. The van der Waals surface area contributed by atoms with Crippen LogP contribution in [-0.2, 0) is 28.8 Å². The summed E-state index contributed by atoms with van der Waals surface area (Å²) < 4.78 is 5.04. The van der Waals surface area contributed by atoms with Gasteiger partial charge in [-0.25, -0.2) is 14.4 Å². The fourth-order valence-electron chi connectivity index (χ4n) is 3.28. The van der Waals surface area contributed by atoms with Crippen LogP contribution < -0.4 is 10.6 Å². The van der Waals surface area contributed by atoms with Gasteiger partial charge in [-0.15, -0.1) is 11.8 Å². The summed E-state index contributed by atoms with van der Waals surface area (Å²) in [7, 11) is 1.31. The monoisotopic (exact) mass is 500 g/mol. The predicted octanol–water partition coefficient (Wildman–Crippen LogP) is 0.505. The molecule has 0 aromatic heterocycles. The molecule has 2 heterocycles. The molecule has 1 saturated heterocycles. The van der Waals surface area contributed by atoms with Gasteiger partial charge in [-0.2, -0.15) is 0 Å². The van der Waals surface area contributed by atoms with Gasteiger partial charge in [0.05, 0.1) is 6.21 Å². The van der Waals surface area contributed by atoms with Crippen molar-refractivity contribution in [2.45, 2.75) is 63.1 Å². The molecule has 1 fully saturated rings. The first-order valence-electron chi connectivity index (χ1n) is 10.3. The maximum atomic E-state index is 12.6. The Balaban J connectivity index is 1.89. The van der Waals surface area contributed by atoms with Gasteiger partial charge in [-0.05, 0) is 33.6 Å². The predicted molar refractivity (Wildman–Crippen MR) is 120 cm³/mol. The van der Waals surface area contributed by atoms with Crippen LogP contribution in [0.2, 0.25) is 0 Å². The lowest BCUT2D eigenvalue weighted by molar-refractivity contribution is -0.150. The number of alkyl carbamates (subject to hydrolysis) is 1. The van der Waals surface area contributed by atoms with E-state index in [0.29, 0.717) is 5.57 Å². The summed E-state index contributed by atoms with van der Waals surface area (Å²) in [5, 5.41) is 26.6. The van der Waals surface area contributed by atoms with Crippen LogP contribution in [-0.4, -0.2) is 87.1 Å². The third kappa shape index (κ3) is 6.85. The molecule has 0 aromatic rings. The highest BCUT2D eigenvalue weighted by molar-refractivity contribution is 8.00. The van der Waals surface area contributed by atoms with Crippen LogP contribution in [0.15, 0.2) is 16.4 Å². The minimum atomic E-state index is -1.29. The molecule has 0 aliphatic carbocycles. The molecule has 13 nitrogen and oxygen atoms in total. The topological polar surface area (TPSA) is 184 Å². The first kappa shape index (κ1) is 27.0. The number of thioether (sulfide) groups is 1. The molecular formula is C20H28N4O9S. The van der Waals surface area contributed by atoms with E-state index in [-0.39, 0.29) is 30.7 Å². The van der Waals surface area contributed by atoms with Crippen LogP contribution in [0.5, 0.6) is 0 Å². The summed E-state index contributed by atoms with van der Waals surface area (Å²) in [6.07, 6.45) is 0.360. The van der Waals surface area contributed by atoms with Gasteiger partial charge < -0.3 is 30.4 Å². The van der Waals surface area contributed by atoms with Crippen molar-refractivity contribution in [3.05, 3.63) is 11.3 Å². The Bertz CT molecular complexity index is 912. The molecule has 0 spiro atoms. The van der Waals surface area contributed by atoms with Crippen molar-refractivity contribution in [3.63, 3.8) is 0 Å². The van der Waals surface area contributed by atoms with E-state index in [1.807, 2.05) is 0 Å². The molecule has 34 heavy (non-hydrogen) atoms. The number of oxime groups is 1. The fraction of sp³-hybridized carbons (Fsp3) is 0.600. The molecule has 14 heteroatoms. The molecule has 0 bridgehead atoms. The van der Waals surface area contributed by atoms with E-state index < -0.39 is 52.9 Å². The summed E-state index contributed by atoms with van der Waals surface area (Å²) in [5.74, 6) is -3.37. The second-order valence-electron chi connectivity index (χ2n) is 8.48. The lowest BCUT2D eigenvalue weighted by Gasteiger charge is -2.49. The highest BCUT2D eigenvalue weighted by Gasteiger charge is 2.54. The Hall–Kier alpha value is -3.29. The number of fused-ring (bicyclic) bond motifs is 1. The van der Waals surface area contributed by atoms with Crippen molar-refractivity contribution in [2.75, 3.05) is 12.9 Å². The molecule has 188 valence electrons. The Kier molecular flexibility index (Phi) is 8.90. The first-order valence-corrected chi connectivity index (χ1v) is 11.4. The number of carbonyl (C=O) groups excluding carboxylic acids is 3. The molecular weight excluding hydrogens is 472 g/mol. The average molecular weight is 501 g/mol. The number of ether oxygens (including phenoxy) is 1. The van der Waals surface area contributed by atoms with Crippen LogP contribution in [0.25, 0.3) is 0 Å². The van der Waals surface area contributed by atoms with Crippen LogP contribution in [0.3, 0.4) is 0 Å². The highest BCUT2D eigenvalue weighted by Crippen LogP contribution is 2.39. The van der Waals surface area contributed by atoms with Crippen molar-refractivity contribution in [1.82, 2.24) is 15.5 Å². The third-order valence-electron chi connectivity index (χ3n) is 4.72. The maximum absolute atomic E-state index is 12.6. The summed E-state index contributed by atoms with van der Waals surface area (Å²) in [6.45, 7) is 4.93. The Labute approximate surface area is 199 Å². The second-order valence-corrected chi connectivity index (χ2v) is 9.59. The number of rotatable bonds is 10. The van der Waals surface area contributed by atoms with E-state index in [1.54, 1.807) is 20.8 Å². The van der Waals surface area contributed by atoms with Crippen molar-refractivity contribution >= 4 is 47.8 Å². The SMILES string of the molecule is CON=CC1=C(C(=O)O)N2C(=O)[C@@H](NC(=O)CCCC(NC(=O)OC(C)(C)C)C(=O)O)[C@@H]2SC1. The number of hydrogen-bond donors (Lipinski definition) is 4. The van der Waals surface area contributed by atoms with Crippen LogP contribution in [0.4, 0.5) is 4.79 Å². The Morgan fingerprint density at radius 1 is 1.29 bits per heavy atom. The first-order chi connectivity index (χ1) is 15.9. The van der Waals surface area contributed by atoms with Gasteiger partial charge in [-0.3, -0.25) is 14.5 Å². The number of nitrogens with zero attached hydrogens (tertiary/aromatic N) is 2. The fourth-order valence-corrected chi connectivity index (χ4v) is 4.58. The number of amides is 3. The summed E-state index contributed by atoms with van der Waals surface area (Å²) in [6, 6.07) is -2.14. The van der Waals surface area contributed by atoms with Crippen molar-refractivity contribution in [1.29, 1.82) is 0 Å². The van der Waals surface area contributed by atoms with Crippen LogP contribution in [0, 0.1) is 0 Å². The van der Waals surface area contributed by atoms with E-state index in [9.17, 15) is 34.2 Å². The molecule has 4 N–H and O–H groups in total. The number of β-lactam (4-membered cyclic amide) rings is 1. The number of carboxylic acids is 2. The smallest absolute Gasteiger partial charge is 0.408 e. The van der Waals surface area contributed by atoms with Gasteiger partial charge in [0.1, 0.15) is 35.9 Å². The van der Waals surface area contributed by atoms with E-state index in [1.165, 1.54) is 25.1 Å². The minimum Gasteiger partial charge on any atom is -0.480 e. The third-order valence-corrected chi connectivity index (χ3v) is 6.02. The standard InChI is InChI=1S/C20H28N4O9S/c1-20(2,3)33-19(31)22-11(17(27)28)6-5-7-12(25)23-13-15(26)24-14(18(29)30)10(8-21-32-4)9-34-16(13)24/h8,11,13,16H,5-7,9H2,1-4H3,(H,22,31)(H,23,25)(H,27,28)(H,29,30)/t11?,13-,16+/m1/s1. The van der Waals surface area contributed by atoms with E-state index in [0.717, 1.165) is 4.90 Å².